The Kier molecular flexibility index (Phi) is 3.85. The maximum absolute atomic E-state index is 13.5. The fraction of sp³-hybridized carbons (Fsp3) is 0.429. The number of halogens is 2. The van der Waals surface area contributed by atoms with E-state index in [0.717, 1.165) is 12.1 Å². The molecule has 6 heteroatoms. The van der Waals surface area contributed by atoms with E-state index in [4.69, 9.17) is 5.73 Å². The first-order valence-corrected chi connectivity index (χ1v) is 6.32. The predicted octanol–water partition coefficient (Wildman–Crippen LogP) is 1.34. The lowest BCUT2D eigenvalue weighted by Gasteiger charge is -2.20. The molecule has 2 rings (SSSR count). The van der Waals surface area contributed by atoms with Crippen LogP contribution >= 0.6 is 0 Å². The number of likely N-dealkylation sites (tertiary alicyclic amines) is 1. The monoisotopic (exact) mass is 282 g/mol. The molecule has 1 unspecified atom stereocenters. The first-order chi connectivity index (χ1) is 9.32. The maximum atomic E-state index is 13.5. The second kappa shape index (κ2) is 5.28. The first kappa shape index (κ1) is 14.6. The van der Waals surface area contributed by atoms with Gasteiger partial charge in [0.15, 0.2) is 5.78 Å². The van der Waals surface area contributed by atoms with Crippen molar-refractivity contribution in [2.24, 2.45) is 11.1 Å². The SMILES string of the molecule is CC1(C(N)=O)CCN(CC(=O)c2ccc(F)cc2F)C1. The molecule has 1 atom stereocenters. The number of Topliss-reactive ketones (excluding diaryl/α,β-unsaturated/α-hetero) is 1. The molecule has 1 fully saturated rings. The predicted molar refractivity (Wildman–Crippen MR) is 69.0 cm³/mol. The average molecular weight is 282 g/mol. The molecule has 1 amide bonds. The van der Waals surface area contributed by atoms with E-state index in [1.807, 2.05) is 0 Å². The summed E-state index contributed by atoms with van der Waals surface area (Å²) in [7, 11) is 0. The van der Waals surface area contributed by atoms with Crippen molar-refractivity contribution in [1.29, 1.82) is 0 Å². The summed E-state index contributed by atoms with van der Waals surface area (Å²) in [6.07, 6.45) is 0.571. The molecule has 1 aliphatic rings. The van der Waals surface area contributed by atoms with Gasteiger partial charge in [0, 0.05) is 12.6 Å². The minimum absolute atomic E-state index is 0.00851. The maximum Gasteiger partial charge on any atom is 0.224 e. The van der Waals surface area contributed by atoms with Crippen molar-refractivity contribution in [2.75, 3.05) is 19.6 Å². The molecule has 1 aromatic rings. The summed E-state index contributed by atoms with van der Waals surface area (Å²) in [5.41, 5.74) is 4.53. The fourth-order valence-electron chi connectivity index (χ4n) is 2.40. The standard InChI is InChI=1S/C14H16F2N2O2/c1-14(13(17)20)4-5-18(8-14)7-12(19)10-3-2-9(15)6-11(10)16/h2-3,6H,4-5,7-8H2,1H3,(H2,17,20). The fourth-order valence-corrected chi connectivity index (χ4v) is 2.40. The number of rotatable bonds is 4. The van der Waals surface area contributed by atoms with E-state index < -0.39 is 28.7 Å². The molecule has 0 aromatic heterocycles. The van der Waals surface area contributed by atoms with Gasteiger partial charge in [0.05, 0.1) is 17.5 Å². The summed E-state index contributed by atoms with van der Waals surface area (Å²) >= 11 is 0. The van der Waals surface area contributed by atoms with Crippen molar-refractivity contribution in [3.63, 3.8) is 0 Å². The quantitative estimate of drug-likeness (QED) is 0.848. The molecule has 0 aliphatic carbocycles. The number of ketones is 1. The summed E-state index contributed by atoms with van der Waals surface area (Å²) in [5, 5.41) is 0. The van der Waals surface area contributed by atoms with Crippen LogP contribution in [-0.2, 0) is 4.79 Å². The van der Waals surface area contributed by atoms with E-state index in [0.29, 0.717) is 25.6 Å². The van der Waals surface area contributed by atoms with Gasteiger partial charge in [0.25, 0.3) is 0 Å². The zero-order valence-electron chi connectivity index (χ0n) is 11.2. The minimum Gasteiger partial charge on any atom is -0.369 e. The van der Waals surface area contributed by atoms with E-state index in [2.05, 4.69) is 0 Å². The van der Waals surface area contributed by atoms with Gasteiger partial charge in [0.1, 0.15) is 11.6 Å². The summed E-state index contributed by atoms with van der Waals surface area (Å²) in [6.45, 7) is 2.66. The lowest BCUT2D eigenvalue weighted by atomic mass is 9.89. The van der Waals surface area contributed by atoms with Crippen LogP contribution in [0.2, 0.25) is 0 Å². The lowest BCUT2D eigenvalue weighted by Crippen LogP contribution is -2.38. The van der Waals surface area contributed by atoms with Crippen molar-refractivity contribution < 1.29 is 18.4 Å². The van der Waals surface area contributed by atoms with E-state index in [1.165, 1.54) is 0 Å². The van der Waals surface area contributed by atoms with E-state index >= 15 is 0 Å². The number of nitrogens with two attached hydrogens (primary N) is 1. The molecule has 2 N–H and O–H groups in total. The first-order valence-electron chi connectivity index (χ1n) is 6.32. The van der Waals surface area contributed by atoms with Crippen LogP contribution in [-0.4, -0.2) is 36.2 Å². The molecule has 0 saturated carbocycles. The van der Waals surface area contributed by atoms with Crippen LogP contribution in [0.5, 0.6) is 0 Å². The van der Waals surface area contributed by atoms with Gasteiger partial charge < -0.3 is 5.73 Å². The van der Waals surface area contributed by atoms with E-state index in [9.17, 15) is 18.4 Å². The second-order valence-electron chi connectivity index (χ2n) is 5.43. The number of primary amides is 1. The summed E-state index contributed by atoms with van der Waals surface area (Å²) in [6, 6.07) is 2.87. The molecule has 1 saturated heterocycles. The van der Waals surface area contributed by atoms with Crippen molar-refractivity contribution in [3.05, 3.63) is 35.4 Å². The molecule has 0 spiro atoms. The van der Waals surface area contributed by atoms with Crippen molar-refractivity contribution in [2.45, 2.75) is 13.3 Å². The van der Waals surface area contributed by atoms with Crippen LogP contribution in [0.1, 0.15) is 23.7 Å². The van der Waals surface area contributed by atoms with Crippen LogP contribution in [0.15, 0.2) is 18.2 Å². The van der Waals surface area contributed by atoms with E-state index in [-0.39, 0.29) is 12.1 Å². The molecular weight excluding hydrogens is 266 g/mol. The number of amides is 1. The largest absolute Gasteiger partial charge is 0.369 e. The number of hydrogen-bond acceptors (Lipinski definition) is 3. The van der Waals surface area contributed by atoms with E-state index in [1.54, 1.807) is 11.8 Å². The molecule has 0 bridgehead atoms. The van der Waals surface area contributed by atoms with Crippen LogP contribution in [0.4, 0.5) is 8.78 Å². The van der Waals surface area contributed by atoms with Crippen LogP contribution < -0.4 is 5.73 Å². The number of hydrogen-bond donors (Lipinski definition) is 1. The van der Waals surface area contributed by atoms with Gasteiger partial charge in [-0.2, -0.15) is 0 Å². The normalized spacial score (nSPS) is 22.9. The molecular formula is C14H16F2N2O2. The highest BCUT2D eigenvalue weighted by atomic mass is 19.1. The summed E-state index contributed by atoms with van der Waals surface area (Å²) in [5.74, 6) is -2.43. The molecule has 108 valence electrons. The lowest BCUT2D eigenvalue weighted by molar-refractivity contribution is -0.126. The third kappa shape index (κ3) is 2.85. The zero-order chi connectivity index (χ0) is 14.9. The zero-order valence-corrected chi connectivity index (χ0v) is 11.2. The Morgan fingerprint density at radius 3 is 2.65 bits per heavy atom. The van der Waals surface area contributed by atoms with Crippen molar-refractivity contribution >= 4 is 11.7 Å². The number of carbonyl (C=O) groups is 2. The van der Waals surface area contributed by atoms with Crippen molar-refractivity contribution in [3.8, 4) is 0 Å². The molecule has 1 aliphatic heterocycles. The summed E-state index contributed by atoms with van der Waals surface area (Å²) in [4.78, 5) is 25.1. The number of nitrogens with zero attached hydrogens (tertiary/aromatic N) is 1. The molecule has 1 heterocycles. The van der Waals surface area contributed by atoms with Gasteiger partial charge >= 0.3 is 0 Å². The average Bonchev–Trinajstić information content (AvgIpc) is 2.72. The van der Waals surface area contributed by atoms with Crippen molar-refractivity contribution in [1.82, 2.24) is 4.90 Å². The minimum atomic E-state index is -0.869. The number of carbonyl (C=O) groups excluding carboxylic acids is 2. The third-order valence-corrected chi connectivity index (χ3v) is 3.75. The van der Waals surface area contributed by atoms with Gasteiger partial charge in [-0.1, -0.05) is 0 Å². The van der Waals surface area contributed by atoms with Crippen LogP contribution in [0.25, 0.3) is 0 Å². The topological polar surface area (TPSA) is 63.4 Å². The third-order valence-electron chi connectivity index (χ3n) is 3.75. The van der Waals surface area contributed by atoms with Crippen LogP contribution in [0, 0.1) is 17.0 Å². The Labute approximate surface area is 115 Å². The van der Waals surface area contributed by atoms with Gasteiger partial charge in [0.2, 0.25) is 5.91 Å². The molecule has 0 radical (unpaired) electrons. The molecule has 20 heavy (non-hydrogen) atoms. The number of benzene rings is 1. The Morgan fingerprint density at radius 1 is 1.40 bits per heavy atom. The Bertz CT molecular complexity index is 562. The van der Waals surface area contributed by atoms with Crippen LogP contribution in [0.3, 0.4) is 0 Å². The molecule has 1 aromatic carbocycles. The second-order valence-corrected chi connectivity index (χ2v) is 5.43. The highest BCUT2D eigenvalue weighted by Crippen LogP contribution is 2.29. The summed E-state index contributed by atoms with van der Waals surface area (Å²) < 4.78 is 26.3. The Balaban J connectivity index is 2.04. The smallest absolute Gasteiger partial charge is 0.224 e. The Hall–Kier alpha value is -1.82. The molecule has 4 nitrogen and oxygen atoms in total. The Morgan fingerprint density at radius 2 is 2.10 bits per heavy atom. The highest BCUT2D eigenvalue weighted by molar-refractivity contribution is 5.98. The van der Waals surface area contributed by atoms with Gasteiger partial charge in [-0.3, -0.25) is 14.5 Å². The van der Waals surface area contributed by atoms with Gasteiger partial charge in [-0.25, -0.2) is 8.78 Å². The highest BCUT2D eigenvalue weighted by Gasteiger charge is 2.39. The van der Waals surface area contributed by atoms with Gasteiger partial charge in [-0.05, 0) is 32.0 Å². The van der Waals surface area contributed by atoms with Gasteiger partial charge in [-0.15, -0.1) is 0 Å².